The van der Waals surface area contributed by atoms with Crippen molar-refractivity contribution in [2.75, 3.05) is 0 Å². The van der Waals surface area contributed by atoms with Gasteiger partial charge >= 0.3 is 0 Å². The summed E-state index contributed by atoms with van der Waals surface area (Å²) in [6.45, 7) is 0.555. The number of fused-ring (bicyclic) bond motifs is 1. The first-order chi connectivity index (χ1) is 15.2. The second-order valence-corrected chi connectivity index (χ2v) is 8.07. The maximum absolute atomic E-state index is 13.0. The lowest BCUT2D eigenvalue weighted by Gasteiger charge is -2.28. The van der Waals surface area contributed by atoms with Crippen LogP contribution in [0.15, 0.2) is 67.0 Å². The van der Waals surface area contributed by atoms with E-state index in [1.54, 1.807) is 6.20 Å². The minimum absolute atomic E-state index is 0.208. The van der Waals surface area contributed by atoms with Crippen molar-refractivity contribution in [3.63, 3.8) is 0 Å². The van der Waals surface area contributed by atoms with E-state index in [1.165, 1.54) is 0 Å². The molecule has 1 aliphatic carbocycles. The smallest absolute Gasteiger partial charge is 0.272 e. The molecule has 1 amide bonds. The molecule has 0 spiro atoms. The number of carbonyl (C=O) groups is 1. The number of aliphatic hydroxyl groups is 1. The third kappa shape index (κ3) is 3.96. The van der Waals surface area contributed by atoms with Gasteiger partial charge in [0.05, 0.1) is 29.9 Å². The van der Waals surface area contributed by atoms with Crippen LogP contribution in [0.25, 0.3) is 16.6 Å². The van der Waals surface area contributed by atoms with Gasteiger partial charge in [-0.25, -0.2) is 4.68 Å². The third-order valence-electron chi connectivity index (χ3n) is 5.96. The molecule has 0 radical (unpaired) electrons. The van der Waals surface area contributed by atoms with Crippen molar-refractivity contribution in [1.82, 2.24) is 24.9 Å². The van der Waals surface area contributed by atoms with Gasteiger partial charge in [-0.1, -0.05) is 43.2 Å². The van der Waals surface area contributed by atoms with E-state index in [9.17, 15) is 9.90 Å². The average Bonchev–Trinajstić information content (AvgIpc) is 3.45. The predicted octanol–water partition coefficient (Wildman–Crippen LogP) is 3.30. The van der Waals surface area contributed by atoms with Crippen molar-refractivity contribution >= 4 is 16.8 Å². The van der Waals surface area contributed by atoms with Gasteiger partial charge in [0.15, 0.2) is 5.69 Å². The second kappa shape index (κ2) is 8.35. The molecule has 4 aromatic rings. The minimum atomic E-state index is -0.487. The van der Waals surface area contributed by atoms with Gasteiger partial charge in [0, 0.05) is 17.8 Å². The molecule has 2 aromatic carbocycles. The van der Waals surface area contributed by atoms with Gasteiger partial charge in [-0.2, -0.15) is 10.2 Å². The Morgan fingerprint density at radius 2 is 1.87 bits per heavy atom. The van der Waals surface area contributed by atoms with E-state index in [0.717, 1.165) is 47.8 Å². The van der Waals surface area contributed by atoms with Crippen LogP contribution in [0.1, 0.15) is 41.7 Å². The maximum atomic E-state index is 13.0. The van der Waals surface area contributed by atoms with Gasteiger partial charge in [0.2, 0.25) is 0 Å². The highest BCUT2D eigenvalue weighted by Crippen LogP contribution is 2.22. The highest BCUT2D eigenvalue weighted by Gasteiger charge is 2.26. The monoisotopic (exact) mass is 415 g/mol. The van der Waals surface area contributed by atoms with Crippen LogP contribution in [0.4, 0.5) is 0 Å². The SMILES string of the molecule is O=C(N[C@H]1CCCC[C@@H]1O)c1nn(Cc2ccc(-n3cccn3)cc2)c2ccccc12. The largest absolute Gasteiger partial charge is 0.391 e. The summed E-state index contributed by atoms with van der Waals surface area (Å²) >= 11 is 0. The van der Waals surface area contributed by atoms with E-state index in [2.05, 4.69) is 15.5 Å². The minimum Gasteiger partial charge on any atom is -0.391 e. The molecule has 2 aromatic heterocycles. The number of hydrogen-bond acceptors (Lipinski definition) is 4. The number of carbonyl (C=O) groups excluding carboxylic acids is 1. The molecule has 31 heavy (non-hydrogen) atoms. The van der Waals surface area contributed by atoms with Gasteiger partial charge in [-0.05, 0) is 42.7 Å². The number of aromatic nitrogens is 4. The number of hydrogen-bond donors (Lipinski definition) is 2. The van der Waals surface area contributed by atoms with Crippen LogP contribution >= 0.6 is 0 Å². The summed E-state index contributed by atoms with van der Waals surface area (Å²) in [6, 6.07) is 17.6. The summed E-state index contributed by atoms with van der Waals surface area (Å²) in [5.41, 5.74) is 3.39. The average molecular weight is 415 g/mol. The van der Waals surface area contributed by atoms with Gasteiger partial charge in [0.25, 0.3) is 5.91 Å². The molecule has 1 aliphatic rings. The molecule has 1 saturated carbocycles. The fraction of sp³-hybridized carbons (Fsp3) is 0.292. The van der Waals surface area contributed by atoms with E-state index in [1.807, 2.05) is 70.2 Å². The molecule has 0 aliphatic heterocycles. The lowest BCUT2D eigenvalue weighted by molar-refractivity contribution is 0.0714. The van der Waals surface area contributed by atoms with E-state index in [-0.39, 0.29) is 11.9 Å². The van der Waals surface area contributed by atoms with Gasteiger partial charge < -0.3 is 10.4 Å². The lowest BCUT2D eigenvalue weighted by atomic mass is 9.92. The van der Waals surface area contributed by atoms with Crippen molar-refractivity contribution in [3.8, 4) is 5.69 Å². The normalized spacial score (nSPS) is 18.9. The summed E-state index contributed by atoms with van der Waals surface area (Å²) < 4.78 is 3.68. The number of para-hydroxylation sites is 1. The van der Waals surface area contributed by atoms with E-state index in [4.69, 9.17) is 0 Å². The van der Waals surface area contributed by atoms with Crippen molar-refractivity contribution in [3.05, 3.63) is 78.2 Å². The number of rotatable bonds is 5. The fourth-order valence-corrected chi connectivity index (χ4v) is 4.28. The lowest BCUT2D eigenvalue weighted by Crippen LogP contribution is -2.45. The molecule has 2 atom stereocenters. The Bertz CT molecular complexity index is 1180. The van der Waals surface area contributed by atoms with Crippen molar-refractivity contribution in [1.29, 1.82) is 0 Å². The molecule has 1 fully saturated rings. The summed E-state index contributed by atoms with van der Waals surface area (Å²) in [5, 5.41) is 23.0. The van der Waals surface area contributed by atoms with Crippen molar-refractivity contribution < 1.29 is 9.90 Å². The highest BCUT2D eigenvalue weighted by molar-refractivity contribution is 6.05. The Morgan fingerprint density at radius 1 is 1.06 bits per heavy atom. The van der Waals surface area contributed by atoms with Crippen LogP contribution in [0.2, 0.25) is 0 Å². The molecular formula is C24H25N5O2. The Hall–Kier alpha value is -3.45. The Kier molecular flexibility index (Phi) is 5.26. The second-order valence-electron chi connectivity index (χ2n) is 8.07. The zero-order valence-corrected chi connectivity index (χ0v) is 17.2. The number of amides is 1. The Labute approximate surface area is 180 Å². The zero-order chi connectivity index (χ0) is 21.2. The quantitative estimate of drug-likeness (QED) is 0.524. The molecule has 0 saturated heterocycles. The van der Waals surface area contributed by atoms with E-state index in [0.29, 0.717) is 12.2 Å². The van der Waals surface area contributed by atoms with E-state index < -0.39 is 6.10 Å². The Morgan fingerprint density at radius 3 is 2.65 bits per heavy atom. The molecule has 2 heterocycles. The molecule has 158 valence electrons. The summed E-state index contributed by atoms with van der Waals surface area (Å²) in [7, 11) is 0. The number of nitrogens with one attached hydrogen (secondary N) is 1. The van der Waals surface area contributed by atoms with Crippen LogP contribution in [0.5, 0.6) is 0 Å². The topological polar surface area (TPSA) is 85.0 Å². The number of nitrogens with zero attached hydrogens (tertiary/aromatic N) is 4. The molecule has 0 bridgehead atoms. The molecule has 7 heteroatoms. The highest BCUT2D eigenvalue weighted by atomic mass is 16.3. The molecule has 0 unspecified atom stereocenters. The van der Waals surface area contributed by atoms with Gasteiger partial charge in [-0.3, -0.25) is 9.48 Å². The van der Waals surface area contributed by atoms with Crippen LogP contribution < -0.4 is 5.32 Å². The van der Waals surface area contributed by atoms with Crippen LogP contribution in [0.3, 0.4) is 0 Å². The zero-order valence-electron chi connectivity index (χ0n) is 17.2. The standard InChI is InChI=1S/C24H25N5O2/c30-22-9-4-2-7-20(22)26-24(31)23-19-6-1-3-8-21(19)29(27-23)16-17-10-12-18(13-11-17)28-15-5-14-25-28/h1,3,5-6,8,10-15,20,22,30H,2,4,7,9,16H2,(H,26,31)/t20-,22-/m0/s1. The summed E-state index contributed by atoms with van der Waals surface area (Å²) in [6.07, 6.45) is 6.73. The molecule has 5 rings (SSSR count). The summed E-state index contributed by atoms with van der Waals surface area (Å²) in [5.74, 6) is -0.227. The van der Waals surface area contributed by atoms with Crippen LogP contribution in [-0.4, -0.2) is 42.7 Å². The molecule has 7 nitrogen and oxygen atoms in total. The first kappa shape index (κ1) is 19.5. The fourth-order valence-electron chi connectivity index (χ4n) is 4.28. The number of aliphatic hydroxyl groups excluding tert-OH is 1. The van der Waals surface area contributed by atoms with Crippen molar-refractivity contribution in [2.24, 2.45) is 0 Å². The Balaban J connectivity index is 1.40. The van der Waals surface area contributed by atoms with Gasteiger partial charge in [0.1, 0.15) is 0 Å². The third-order valence-corrected chi connectivity index (χ3v) is 5.96. The summed E-state index contributed by atoms with van der Waals surface area (Å²) in [4.78, 5) is 13.0. The van der Waals surface area contributed by atoms with E-state index >= 15 is 0 Å². The maximum Gasteiger partial charge on any atom is 0.272 e. The molecule has 2 N–H and O–H groups in total. The first-order valence-corrected chi connectivity index (χ1v) is 10.7. The van der Waals surface area contributed by atoms with Crippen LogP contribution in [0, 0.1) is 0 Å². The first-order valence-electron chi connectivity index (χ1n) is 10.7. The molecular weight excluding hydrogens is 390 g/mol. The van der Waals surface area contributed by atoms with Gasteiger partial charge in [-0.15, -0.1) is 0 Å². The van der Waals surface area contributed by atoms with Crippen LogP contribution in [-0.2, 0) is 6.54 Å². The van der Waals surface area contributed by atoms with Crippen molar-refractivity contribution in [2.45, 2.75) is 44.4 Å². The predicted molar refractivity (Wildman–Crippen MR) is 118 cm³/mol. The number of benzene rings is 2.